The highest BCUT2D eigenvalue weighted by atomic mass is 35.5. The summed E-state index contributed by atoms with van der Waals surface area (Å²) in [7, 11) is 0. The Morgan fingerprint density at radius 1 is 1.41 bits per heavy atom. The highest BCUT2D eigenvalue weighted by Crippen LogP contribution is 2.35. The van der Waals surface area contributed by atoms with Crippen LogP contribution in [-0.2, 0) is 17.6 Å². The summed E-state index contributed by atoms with van der Waals surface area (Å²) in [6.45, 7) is 3.85. The lowest BCUT2D eigenvalue weighted by molar-refractivity contribution is -0.119. The molecule has 1 N–H and O–H groups in total. The Kier molecular flexibility index (Phi) is 4.74. The third-order valence-electron chi connectivity index (χ3n) is 5.02. The van der Waals surface area contributed by atoms with Crippen molar-refractivity contribution in [2.45, 2.75) is 39.2 Å². The van der Waals surface area contributed by atoms with Crippen LogP contribution in [0, 0.1) is 5.92 Å². The predicted octanol–water partition coefficient (Wildman–Crippen LogP) is 3.83. The number of carbonyl (C=O) groups excluding carboxylic acids is 1. The summed E-state index contributed by atoms with van der Waals surface area (Å²) in [5.74, 6) is 0.248. The number of carbonyl (C=O) groups is 1. The third kappa shape index (κ3) is 3.26. The normalized spacial score (nSPS) is 17.5. The first-order valence-electron chi connectivity index (χ1n) is 8.91. The van der Waals surface area contributed by atoms with E-state index in [1.165, 1.54) is 9.56 Å². The molecule has 8 heteroatoms. The van der Waals surface area contributed by atoms with Crippen LogP contribution in [0.15, 0.2) is 29.1 Å². The van der Waals surface area contributed by atoms with E-state index in [0.29, 0.717) is 26.8 Å². The number of thiophene rings is 1. The van der Waals surface area contributed by atoms with Crippen molar-refractivity contribution < 1.29 is 4.79 Å². The Labute approximate surface area is 165 Å². The molecule has 1 amide bonds. The van der Waals surface area contributed by atoms with Gasteiger partial charge in [-0.2, -0.15) is 4.68 Å². The SMILES string of the molecule is C[C@H]1CCc2c(sc3nnn([C@@H](C)C(=O)Nc4ccccc4Cl)c(=O)c23)C1. The molecule has 2 atom stereocenters. The second kappa shape index (κ2) is 7.05. The van der Waals surface area contributed by atoms with E-state index in [0.717, 1.165) is 24.8 Å². The number of aryl methyl sites for hydroxylation is 1. The number of amides is 1. The maximum Gasteiger partial charge on any atom is 0.279 e. The summed E-state index contributed by atoms with van der Waals surface area (Å²) >= 11 is 7.64. The monoisotopic (exact) mass is 402 g/mol. The number of anilines is 1. The van der Waals surface area contributed by atoms with Gasteiger partial charge in [0.2, 0.25) is 5.91 Å². The molecule has 1 aliphatic carbocycles. The van der Waals surface area contributed by atoms with Gasteiger partial charge in [0.15, 0.2) is 4.83 Å². The standard InChI is InChI=1S/C19H19ClN4O2S/c1-10-7-8-12-15(9-10)27-18-16(12)19(26)24(23-22-18)11(2)17(25)21-14-6-4-3-5-13(14)20/h3-6,10-11H,7-9H2,1-2H3,(H,21,25)/t10-,11-/m0/s1. The van der Waals surface area contributed by atoms with Crippen LogP contribution in [0.5, 0.6) is 0 Å². The number of hydrogen-bond acceptors (Lipinski definition) is 5. The zero-order valence-electron chi connectivity index (χ0n) is 15.0. The molecule has 27 heavy (non-hydrogen) atoms. The average molecular weight is 403 g/mol. The van der Waals surface area contributed by atoms with E-state index in [2.05, 4.69) is 22.6 Å². The number of aromatic nitrogens is 3. The van der Waals surface area contributed by atoms with Crippen molar-refractivity contribution in [3.8, 4) is 0 Å². The molecule has 2 aromatic heterocycles. The Morgan fingerprint density at radius 3 is 2.96 bits per heavy atom. The highest BCUT2D eigenvalue weighted by molar-refractivity contribution is 7.18. The molecule has 0 aliphatic heterocycles. The van der Waals surface area contributed by atoms with E-state index in [1.807, 2.05) is 0 Å². The number of nitrogens with zero attached hydrogens (tertiary/aromatic N) is 3. The van der Waals surface area contributed by atoms with Crippen LogP contribution in [0.2, 0.25) is 5.02 Å². The average Bonchev–Trinajstić information content (AvgIpc) is 3.01. The fourth-order valence-electron chi connectivity index (χ4n) is 3.44. The van der Waals surface area contributed by atoms with Crippen LogP contribution in [0.3, 0.4) is 0 Å². The Hall–Kier alpha value is -2.25. The van der Waals surface area contributed by atoms with Crippen LogP contribution in [0.4, 0.5) is 5.69 Å². The van der Waals surface area contributed by atoms with Gasteiger partial charge in [-0.15, -0.1) is 16.4 Å². The summed E-state index contributed by atoms with van der Waals surface area (Å²) < 4.78 is 1.17. The molecule has 0 spiro atoms. The van der Waals surface area contributed by atoms with Crippen molar-refractivity contribution in [3.05, 3.63) is 50.1 Å². The summed E-state index contributed by atoms with van der Waals surface area (Å²) in [6.07, 6.45) is 2.90. The van der Waals surface area contributed by atoms with Crippen molar-refractivity contribution in [1.82, 2.24) is 15.0 Å². The first-order chi connectivity index (χ1) is 13.0. The molecule has 0 bridgehead atoms. The van der Waals surface area contributed by atoms with Gasteiger partial charge in [0.05, 0.1) is 16.1 Å². The molecule has 6 nitrogen and oxygen atoms in total. The zero-order valence-corrected chi connectivity index (χ0v) is 16.6. The molecule has 0 unspecified atom stereocenters. The van der Waals surface area contributed by atoms with Gasteiger partial charge in [0.25, 0.3) is 5.56 Å². The Balaban J connectivity index is 1.69. The van der Waals surface area contributed by atoms with E-state index in [1.54, 1.807) is 42.5 Å². The molecule has 1 aromatic carbocycles. The van der Waals surface area contributed by atoms with Crippen LogP contribution in [0.25, 0.3) is 10.2 Å². The van der Waals surface area contributed by atoms with Gasteiger partial charge in [0.1, 0.15) is 6.04 Å². The molecule has 0 radical (unpaired) electrons. The Bertz CT molecular complexity index is 1090. The minimum atomic E-state index is -0.802. The molecule has 4 rings (SSSR count). The number of halogens is 1. The molecule has 0 fully saturated rings. The van der Waals surface area contributed by atoms with Crippen LogP contribution in [0.1, 0.15) is 36.8 Å². The van der Waals surface area contributed by atoms with Gasteiger partial charge < -0.3 is 5.32 Å². The molecular formula is C19H19ClN4O2S. The summed E-state index contributed by atoms with van der Waals surface area (Å²) in [5.41, 5.74) is 1.33. The van der Waals surface area contributed by atoms with Crippen molar-refractivity contribution in [2.75, 3.05) is 5.32 Å². The zero-order chi connectivity index (χ0) is 19.1. The number of hydrogen-bond donors (Lipinski definition) is 1. The predicted molar refractivity (Wildman–Crippen MR) is 108 cm³/mol. The van der Waals surface area contributed by atoms with Crippen molar-refractivity contribution in [3.63, 3.8) is 0 Å². The second-order valence-corrected chi connectivity index (χ2v) is 8.51. The lowest BCUT2D eigenvalue weighted by Crippen LogP contribution is -2.34. The molecular weight excluding hydrogens is 384 g/mol. The topological polar surface area (TPSA) is 76.9 Å². The maximum absolute atomic E-state index is 13.1. The van der Waals surface area contributed by atoms with E-state index in [4.69, 9.17) is 11.6 Å². The third-order valence-corrected chi connectivity index (χ3v) is 6.49. The number of para-hydroxylation sites is 1. The van der Waals surface area contributed by atoms with E-state index in [9.17, 15) is 9.59 Å². The number of benzene rings is 1. The minimum absolute atomic E-state index is 0.256. The molecule has 0 saturated carbocycles. The first kappa shape index (κ1) is 18.1. The van der Waals surface area contributed by atoms with E-state index >= 15 is 0 Å². The number of fused-ring (bicyclic) bond motifs is 3. The van der Waals surface area contributed by atoms with Gasteiger partial charge >= 0.3 is 0 Å². The van der Waals surface area contributed by atoms with E-state index in [-0.39, 0.29) is 11.5 Å². The molecule has 1 aliphatic rings. The molecule has 0 saturated heterocycles. The first-order valence-corrected chi connectivity index (χ1v) is 10.1. The van der Waals surface area contributed by atoms with Gasteiger partial charge in [0, 0.05) is 4.88 Å². The quantitative estimate of drug-likeness (QED) is 0.722. The largest absolute Gasteiger partial charge is 0.323 e. The lowest BCUT2D eigenvalue weighted by atomic mass is 9.89. The van der Waals surface area contributed by atoms with Crippen LogP contribution in [-0.4, -0.2) is 20.9 Å². The highest BCUT2D eigenvalue weighted by Gasteiger charge is 2.26. The second-order valence-electron chi connectivity index (χ2n) is 7.02. The van der Waals surface area contributed by atoms with E-state index < -0.39 is 6.04 Å². The number of nitrogens with one attached hydrogen (secondary N) is 1. The van der Waals surface area contributed by atoms with Gasteiger partial charge in [-0.05, 0) is 49.8 Å². The minimum Gasteiger partial charge on any atom is -0.323 e. The van der Waals surface area contributed by atoms with Crippen molar-refractivity contribution in [2.24, 2.45) is 5.92 Å². The maximum atomic E-state index is 13.1. The fourth-order valence-corrected chi connectivity index (χ4v) is 4.94. The summed E-state index contributed by atoms with van der Waals surface area (Å²) in [4.78, 5) is 27.6. The molecule has 140 valence electrons. The van der Waals surface area contributed by atoms with Crippen LogP contribution >= 0.6 is 22.9 Å². The van der Waals surface area contributed by atoms with Crippen molar-refractivity contribution >= 4 is 44.7 Å². The Morgan fingerprint density at radius 2 is 2.19 bits per heavy atom. The summed E-state index contributed by atoms with van der Waals surface area (Å²) in [5, 5.41) is 12.1. The van der Waals surface area contributed by atoms with Gasteiger partial charge in [-0.1, -0.05) is 35.9 Å². The van der Waals surface area contributed by atoms with Gasteiger partial charge in [-0.3, -0.25) is 9.59 Å². The fraction of sp³-hybridized carbons (Fsp3) is 0.368. The summed E-state index contributed by atoms with van der Waals surface area (Å²) in [6, 6.07) is 6.16. The van der Waals surface area contributed by atoms with Crippen LogP contribution < -0.4 is 10.9 Å². The van der Waals surface area contributed by atoms with Crippen molar-refractivity contribution in [1.29, 1.82) is 0 Å². The smallest absolute Gasteiger partial charge is 0.279 e. The number of rotatable bonds is 3. The molecule has 2 heterocycles. The lowest BCUT2D eigenvalue weighted by Gasteiger charge is -2.18. The van der Waals surface area contributed by atoms with Gasteiger partial charge in [-0.25, -0.2) is 0 Å². The molecule has 3 aromatic rings.